The molecule has 2 heterocycles. The second kappa shape index (κ2) is 4.61. The Morgan fingerprint density at radius 3 is 2.81 bits per heavy atom. The second-order valence-electron chi connectivity index (χ2n) is 3.41. The van der Waals surface area contributed by atoms with Gasteiger partial charge in [-0.3, -0.25) is 5.84 Å². The van der Waals surface area contributed by atoms with E-state index in [1.165, 1.54) is 0 Å². The molecule has 0 aliphatic carbocycles. The molecule has 0 bridgehead atoms. The molecule has 6 heteroatoms. The average Bonchev–Trinajstić information content (AvgIpc) is 2.67. The monoisotopic (exact) mass is 237 g/mol. The van der Waals surface area contributed by atoms with Gasteiger partial charge >= 0.3 is 0 Å². The Morgan fingerprint density at radius 1 is 1.44 bits per heavy atom. The first-order valence-corrected chi connectivity index (χ1v) is 5.15. The molecule has 0 aliphatic rings. The lowest BCUT2D eigenvalue weighted by atomic mass is 10.1. The van der Waals surface area contributed by atoms with Gasteiger partial charge in [-0.25, -0.2) is 15.4 Å². The number of halogens is 1. The summed E-state index contributed by atoms with van der Waals surface area (Å²) in [7, 11) is 1.91. The highest BCUT2D eigenvalue weighted by Crippen LogP contribution is 2.20. The van der Waals surface area contributed by atoms with Crippen LogP contribution in [0.1, 0.15) is 17.4 Å². The van der Waals surface area contributed by atoms with Crippen LogP contribution in [0.15, 0.2) is 30.7 Å². The summed E-state index contributed by atoms with van der Waals surface area (Å²) < 4.78 is 1.90. The van der Waals surface area contributed by atoms with Crippen molar-refractivity contribution in [2.45, 2.75) is 6.04 Å². The number of nitrogens with two attached hydrogens (primary N) is 1. The normalized spacial score (nSPS) is 12.7. The van der Waals surface area contributed by atoms with Crippen molar-refractivity contribution in [3.63, 3.8) is 0 Å². The highest BCUT2D eigenvalue weighted by molar-refractivity contribution is 6.29. The van der Waals surface area contributed by atoms with Gasteiger partial charge in [-0.15, -0.1) is 0 Å². The standard InChI is InChI=1S/C10H12ClN5/c1-16-5-4-14-10(16)9(15-12)7-2-3-13-8(11)6-7/h2-6,9,15H,12H2,1H3. The minimum Gasteiger partial charge on any atom is -0.336 e. The van der Waals surface area contributed by atoms with Crippen LogP contribution in [-0.2, 0) is 7.05 Å². The van der Waals surface area contributed by atoms with E-state index in [1.807, 2.05) is 23.9 Å². The number of aromatic nitrogens is 3. The van der Waals surface area contributed by atoms with Gasteiger partial charge in [0.25, 0.3) is 0 Å². The lowest BCUT2D eigenvalue weighted by Gasteiger charge is -2.15. The number of rotatable bonds is 3. The van der Waals surface area contributed by atoms with E-state index >= 15 is 0 Å². The smallest absolute Gasteiger partial charge is 0.131 e. The molecule has 2 aromatic heterocycles. The van der Waals surface area contributed by atoms with Crippen LogP contribution < -0.4 is 11.3 Å². The molecule has 16 heavy (non-hydrogen) atoms. The Labute approximate surface area is 98.2 Å². The number of hydrogen-bond acceptors (Lipinski definition) is 4. The molecule has 1 atom stereocenters. The lowest BCUT2D eigenvalue weighted by molar-refractivity contribution is 0.579. The van der Waals surface area contributed by atoms with Gasteiger partial charge in [0.2, 0.25) is 0 Å². The largest absolute Gasteiger partial charge is 0.336 e. The van der Waals surface area contributed by atoms with Crippen molar-refractivity contribution in [3.8, 4) is 0 Å². The van der Waals surface area contributed by atoms with Crippen LogP contribution in [0.2, 0.25) is 5.15 Å². The molecule has 0 amide bonds. The first-order chi connectivity index (χ1) is 7.72. The molecule has 5 nitrogen and oxygen atoms in total. The second-order valence-corrected chi connectivity index (χ2v) is 3.80. The number of imidazole rings is 1. The zero-order chi connectivity index (χ0) is 11.5. The van der Waals surface area contributed by atoms with Crippen LogP contribution in [0.5, 0.6) is 0 Å². The number of nitrogens with one attached hydrogen (secondary N) is 1. The first-order valence-electron chi connectivity index (χ1n) is 4.77. The van der Waals surface area contributed by atoms with Crippen molar-refractivity contribution in [1.29, 1.82) is 0 Å². The number of hydrogen-bond donors (Lipinski definition) is 2. The fraction of sp³-hybridized carbons (Fsp3) is 0.200. The molecule has 84 valence electrons. The van der Waals surface area contributed by atoms with E-state index < -0.39 is 0 Å². The van der Waals surface area contributed by atoms with Gasteiger partial charge in [0.1, 0.15) is 17.0 Å². The number of hydrazine groups is 1. The predicted molar refractivity (Wildman–Crippen MR) is 61.6 cm³/mol. The van der Waals surface area contributed by atoms with Crippen LogP contribution in [0.25, 0.3) is 0 Å². The molecule has 0 fully saturated rings. The van der Waals surface area contributed by atoms with Crippen molar-refractivity contribution in [3.05, 3.63) is 47.3 Å². The van der Waals surface area contributed by atoms with Crippen molar-refractivity contribution in [2.75, 3.05) is 0 Å². The van der Waals surface area contributed by atoms with Crippen molar-refractivity contribution >= 4 is 11.6 Å². The van der Waals surface area contributed by atoms with Gasteiger partial charge in [-0.1, -0.05) is 11.6 Å². The maximum absolute atomic E-state index is 5.84. The Morgan fingerprint density at radius 2 is 2.25 bits per heavy atom. The summed E-state index contributed by atoms with van der Waals surface area (Å²) in [4.78, 5) is 8.18. The Hall–Kier alpha value is -1.43. The van der Waals surface area contributed by atoms with Crippen molar-refractivity contribution in [2.24, 2.45) is 12.9 Å². The number of aryl methyl sites for hydroxylation is 1. The topological polar surface area (TPSA) is 68.8 Å². The van der Waals surface area contributed by atoms with E-state index in [4.69, 9.17) is 17.4 Å². The maximum atomic E-state index is 5.84. The molecule has 0 spiro atoms. The SMILES string of the molecule is Cn1ccnc1C(NN)c1ccnc(Cl)c1. The molecular weight excluding hydrogens is 226 g/mol. The molecule has 0 saturated carbocycles. The summed E-state index contributed by atoms with van der Waals surface area (Å²) >= 11 is 5.84. The number of nitrogens with zero attached hydrogens (tertiary/aromatic N) is 3. The van der Waals surface area contributed by atoms with E-state index in [9.17, 15) is 0 Å². The predicted octanol–water partition coefficient (Wildman–Crippen LogP) is 1.02. The maximum Gasteiger partial charge on any atom is 0.131 e. The summed E-state index contributed by atoms with van der Waals surface area (Å²) in [6.07, 6.45) is 5.23. The van der Waals surface area contributed by atoms with E-state index in [-0.39, 0.29) is 6.04 Å². The first kappa shape index (κ1) is 11.1. The highest BCUT2D eigenvalue weighted by Gasteiger charge is 2.16. The quantitative estimate of drug-likeness (QED) is 0.475. The minimum atomic E-state index is -0.194. The Balaban J connectivity index is 2.40. The summed E-state index contributed by atoms with van der Waals surface area (Å²) in [6, 6.07) is 3.42. The molecule has 2 aromatic rings. The van der Waals surface area contributed by atoms with Crippen LogP contribution in [0.4, 0.5) is 0 Å². The highest BCUT2D eigenvalue weighted by atomic mass is 35.5. The summed E-state index contributed by atoms with van der Waals surface area (Å²) in [5.74, 6) is 6.37. The Bertz CT molecular complexity index is 482. The van der Waals surface area contributed by atoms with Gasteiger partial charge in [0, 0.05) is 25.6 Å². The lowest BCUT2D eigenvalue weighted by Crippen LogP contribution is -2.30. The molecule has 0 saturated heterocycles. The summed E-state index contributed by atoms with van der Waals surface area (Å²) in [5, 5.41) is 0.437. The molecule has 1 unspecified atom stereocenters. The number of pyridine rings is 1. The van der Waals surface area contributed by atoms with E-state index in [0.29, 0.717) is 5.15 Å². The zero-order valence-corrected chi connectivity index (χ0v) is 9.52. The third-order valence-electron chi connectivity index (χ3n) is 2.37. The van der Waals surface area contributed by atoms with Crippen LogP contribution in [0.3, 0.4) is 0 Å². The molecule has 0 aromatic carbocycles. The molecule has 0 aliphatic heterocycles. The van der Waals surface area contributed by atoms with Gasteiger partial charge in [-0.2, -0.15) is 0 Å². The van der Waals surface area contributed by atoms with E-state index in [0.717, 1.165) is 11.4 Å². The fourth-order valence-corrected chi connectivity index (χ4v) is 1.75. The zero-order valence-electron chi connectivity index (χ0n) is 8.76. The Kier molecular flexibility index (Phi) is 3.19. The summed E-state index contributed by atoms with van der Waals surface area (Å²) in [5.41, 5.74) is 3.65. The van der Waals surface area contributed by atoms with Crippen LogP contribution in [0, 0.1) is 0 Å². The van der Waals surface area contributed by atoms with Gasteiger partial charge in [0.05, 0.1) is 0 Å². The molecule has 0 radical (unpaired) electrons. The van der Waals surface area contributed by atoms with Gasteiger partial charge < -0.3 is 4.57 Å². The van der Waals surface area contributed by atoms with E-state index in [1.54, 1.807) is 18.5 Å². The third-order valence-corrected chi connectivity index (χ3v) is 2.57. The molecule has 3 N–H and O–H groups in total. The van der Waals surface area contributed by atoms with Gasteiger partial charge in [-0.05, 0) is 17.7 Å². The summed E-state index contributed by atoms with van der Waals surface area (Å²) in [6.45, 7) is 0. The van der Waals surface area contributed by atoms with Crippen LogP contribution in [-0.4, -0.2) is 14.5 Å². The third kappa shape index (κ3) is 2.06. The molecule has 2 rings (SSSR count). The van der Waals surface area contributed by atoms with Crippen LogP contribution >= 0.6 is 11.6 Å². The van der Waals surface area contributed by atoms with E-state index in [2.05, 4.69) is 15.4 Å². The fourth-order valence-electron chi connectivity index (χ4n) is 1.57. The van der Waals surface area contributed by atoms with Crippen molar-refractivity contribution in [1.82, 2.24) is 20.0 Å². The minimum absolute atomic E-state index is 0.194. The average molecular weight is 238 g/mol. The molecular formula is C10H12ClN5. The van der Waals surface area contributed by atoms with Crippen molar-refractivity contribution < 1.29 is 0 Å². The van der Waals surface area contributed by atoms with Gasteiger partial charge in [0.15, 0.2) is 0 Å².